The Morgan fingerprint density at radius 3 is 2.58 bits per heavy atom. The number of benzene rings is 2. The van der Waals surface area contributed by atoms with Crippen molar-refractivity contribution >= 4 is 23.9 Å². The van der Waals surface area contributed by atoms with Gasteiger partial charge in [-0.3, -0.25) is 4.79 Å². The summed E-state index contributed by atoms with van der Waals surface area (Å²) in [5.74, 6) is 1.53. The van der Waals surface area contributed by atoms with E-state index in [1.807, 2.05) is 56.3 Å². The van der Waals surface area contributed by atoms with Gasteiger partial charge in [0.25, 0.3) is 5.91 Å². The van der Waals surface area contributed by atoms with Crippen molar-refractivity contribution in [3.05, 3.63) is 65.7 Å². The van der Waals surface area contributed by atoms with Crippen LogP contribution in [0.4, 0.5) is 0 Å². The van der Waals surface area contributed by atoms with Crippen LogP contribution < -0.4 is 10.2 Å². The second kappa shape index (κ2) is 9.78. The molecule has 0 saturated carbocycles. The van der Waals surface area contributed by atoms with Crippen molar-refractivity contribution in [3.63, 3.8) is 0 Å². The lowest BCUT2D eigenvalue weighted by Gasteiger charge is -2.09. The van der Waals surface area contributed by atoms with Gasteiger partial charge >= 0.3 is 0 Å². The lowest BCUT2D eigenvalue weighted by Crippen LogP contribution is -2.26. The highest BCUT2D eigenvalue weighted by Crippen LogP contribution is 2.17. The van der Waals surface area contributed by atoms with Crippen molar-refractivity contribution in [1.82, 2.24) is 5.43 Å². The van der Waals surface area contributed by atoms with Gasteiger partial charge in [0.1, 0.15) is 5.75 Å². The van der Waals surface area contributed by atoms with E-state index in [1.165, 1.54) is 5.56 Å². The van der Waals surface area contributed by atoms with Crippen molar-refractivity contribution in [3.8, 4) is 5.75 Å². The molecule has 0 spiro atoms. The fourth-order valence-corrected chi connectivity index (χ4v) is 2.79. The van der Waals surface area contributed by atoms with E-state index in [2.05, 4.69) is 22.7 Å². The summed E-state index contributed by atoms with van der Waals surface area (Å²) in [6.07, 6.45) is 1.63. The van der Waals surface area contributed by atoms with Crippen LogP contribution in [0.2, 0.25) is 0 Å². The zero-order valence-electron chi connectivity index (χ0n) is 13.9. The summed E-state index contributed by atoms with van der Waals surface area (Å²) in [5, 5.41) is 3.85. The molecule has 0 aliphatic heterocycles. The molecule has 0 aromatic heterocycles. The van der Waals surface area contributed by atoms with E-state index < -0.39 is 0 Å². The minimum Gasteiger partial charge on any atom is -0.494 e. The summed E-state index contributed by atoms with van der Waals surface area (Å²) in [6.45, 7) is 4.47. The van der Waals surface area contributed by atoms with Crippen molar-refractivity contribution in [1.29, 1.82) is 0 Å². The van der Waals surface area contributed by atoms with E-state index >= 15 is 0 Å². The first-order valence-electron chi connectivity index (χ1n) is 7.90. The standard InChI is InChI=1S/C19H22N2O2S/c1-3-23-18-11-9-16(10-12-18)13-20-21-19(22)15(2)24-14-17-7-5-4-6-8-17/h4-13,15H,3,14H2,1-2H3,(H,21,22)/b20-13-/t15-/m0/s1. The van der Waals surface area contributed by atoms with Gasteiger partial charge in [-0.25, -0.2) is 5.43 Å². The molecule has 0 aliphatic rings. The van der Waals surface area contributed by atoms with E-state index in [9.17, 15) is 4.79 Å². The molecule has 0 saturated heterocycles. The van der Waals surface area contributed by atoms with Crippen LogP contribution in [-0.4, -0.2) is 24.0 Å². The Hall–Kier alpha value is -2.27. The van der Waals surface area contributed by atoms with Gasteiger partial charge in [-0.15, -0.1) is 11.8 Å². The van der Waals surface area contributed by atoms with Crippen LogP contribution in [0, 0.1) is 0 Å². The maximum absolute atomic E-state index is 12.0. The molecular weight excluding hydrogens is 320 g/mol. The Morgan fingerprint density at radius 1 is 1.21 bits per heavy atom. The Labute approximate surface area is 147 Å². The van der Waals surface area contributed by atoms with Crippen LogP contribution >= 0.6 is 11.8 Å². The molecule has 0 radical (unpaired) electrons. The van der Waals surface area contributed by atoms with Gasteiger partial charge in [0, 0.05) is 5.75 Å². The van der Waals surface area contributed by atoms with Crippen LogP contribution in [0.15, 0.2) is 59.7 Å². The zero-order valence-corrected chi connectivity index (χ0v) is 14.8. The minimum absolute atomic E-state index is 0.0990. The summed E-state index contributed by atoms with van der Waals surface area (Å²) in [7, 11) is 0. The number of amides is 1. The number of carbonyl (C=O) groups excluding carboxylic acids is 1. The first kappa shape index (κ1) is 18.1. The number of ether oxygens (including phenoxy) is 1. The minimum atomic E-state index is -0.164. The third kappa shape index (κ3) is 6.08. The molecule has 0 unspecified atom stereocenters. The number of carbonyl (C=O) groups is 1. The Morgan fingerprint density at radius 2 is 1.92 bits per heavy atom. The fraction of sp³-hybridized carbons (Fsp3) is 0.263. The van der Waals surface area contributed by atoms with Gasteiger partial charge in [0.05, 0.1) is 18.1 Å². The van der Waals surface area contributed by atoms with Crippen LogP contribution in [0.3, 0.4) is 0 Å². The fourth-order valence-electron chi connectivity index (χ4n) is 1.95. The molecule has 24 heavy (non-hydrogen) atoms. The zero-order chi connectivity index (χ0) is 17.2. The van der Waals surface area contributed by atoms with Crippen LogP contribution in [0.1, 0.15) is 25.0 Å². The second-order valence-corrected chi connectivity index (χ2v) is 6.50. The molecule has 1 N–H and O–H groups in total. The molecular formula is C19H22N2O2S. The molecule has 0 aliphatic carbocycles. The highest BCUT2D eigenvalue weighted by Gasteiger charge is 2.12. The van der Waals surface area contributed by atoms with Crippen LogP contribution in [0.5, 0.6) is 5.75 Å². The number of rotatable bonds is 8. The summed E-state index contributed by atoms with van der Waals surface area (Å²) in [4.78, 5) is 12.0. The number of hydrogen-bond donors (Lipinski definition) is 1. The van der Waals surface area contributed by atoms with Gasteiger partial charge in [-0.2, -0.15) is 5.10 Å². The van der Waals surface area contributed by atoms with E-state index in [0.717, 1.165) is 17.1 Å². The average Bonchev–Trinajstić information content (AvgIpc) is 2.62. The summed E-state index contributed by atoms with van der Waals surface area (Å²) >= 11 is 1.59. The smallest absolute Gasteiger partial charge is 0.252 e. The quantitative estimate of drug-likeness (QED) is 0.585. The molecule has 1 amide bonds. The molecule has 0 heterocycles. The number of hydrogen-bond acceptors (Lipinski definition) is 4. The first-order valence-corrected chi connectivity index (χ1v) is 8.95. The van der Waals surface area contributed by atoms with Crippen molar-refractivity contribution in [2.75, 3.05) is 6.61 Å². The molecule has 2 aromatic carbocycles. The SMILES string of the molecule is CCOc1ccc(/C=N\NC(=O)[C@H](C)SCc2ccccc2)cc1. The largest absolute Gasteiger partial charge is 0.494 e. The third-order valence-electron chi connectivity index (χ3n) is 3.29. The molecule has 0 fully saturated rings. The number of hydrazone groups is 1. The van der Waals surface area contributed by atoms with Gasteiger partial charge in [-0.05, 0) is 49.2 Å². The van der Waals surface area contributed by atoms with Gasteiger partial charge in [-0.1, -0.05) is 30.3 Å². The van der Waals surface area contributed by atoms with Crippen LogP contribution in [0.25, 0.3) is 0 Å². The predicted octanol–water partition coefficient (Wildman–Crippen LogP) is 3.86. The first-order chi connectivity index (χ1) is 11.7. The van der Waals surface area contributed by atoms with Crippen LogP contribution in [-0.2, 0) is 10.5 Å². The highest BCUT2D eigenvalue weighted by atomic mass is 32.2. The van der Waals surface area contributed by atoms with Gasteiger partial charge in [0.15, 0.2) is 0 Å². The number of nitrogens with zero attached hydrogens (tertiary/aromatic N) is 1. The van der Waals surface area contributed by atoms with Gasteiger partial charge < -0.3 is 4.74 Å². The van der Waals surface area contributed by atoms with E-state index in [4.69, 9.17) is 4.74 Å². The van der Waals surface area contributed by atoms with E-state index in [-0.39, 0.29) is 11.2 Å². The Kier molecular flexibility index (Phi) is 7.36. The Bertz CT molecular complexity index is 657. The Balaban J connectivity index is 1.76. The maximum Gasteiger partial charge on any atom is 0.252 e. The molecule has 0 bridgehead atoms. The van der Waals surface area contributed by atoms with Crippen molar-refractivity contribution in [2.24, 2.45) is 5.10 Å². The molecule has 126 valence electrons. The molecule has 5 heteroatoms. The topological polar surface area (TPSA) is 50.7 Å². The highest BCUT2D eigenvalue weighted by molar-refractivity contribution is 7.99. The number of nitrogens with one attached hydrogen (secondary N) is 1. The summed E-state index contributed by atoms with van der Waals surface area (Å²) in [5.41, 5.74) is 4.70. The molecule has 2 aromatic rings. The summed E-state index contributed by atoms with van der Waals surface area (Å²) < 4.78 is 5.38. The monoisotopic (exact) mass is 342 g/mol. The van der Waals surface area contributed by atoms with E-state index in [1.54, 1.807) is 18.0 Å². The molecule has 4 nitrogen and oxygen atoms in total. The average molecular weight is 342 g/mol. The normalized spacial score (nSPS) is 12.1. The van der Waals surface area contributed by atoms with E-state index in [0.29, 0.717) is 6.61 Å². The molecule has 2 rings (SSSR count). The summed E-state index contributed by atoms with van der Waals surface area (Å²) in [6, 6.07) is 17.7. The predicted molar refractivity (Wildman–Crippen MR) is 101 cm³/mol. The number of thioether (sulfide) groups is 1. The lowest BCUT2D eigenvalue weighted by molar-refractivity contribution is -0.120. The second-order valence-electron chi connectivity index (χ2n) is 5.18. The van der Waals surface area contributed by atoms with Crippen molar-refractivity contribution < 1.29 is 9.53 Å². The van der Waals surface area contributed by atoms with Crippen molar-refractivity contribution in [2.45, 2.75) is 24.9 Å². The van der Waals surface area contributed by atoms with Gasteiger partial charge in [0.2, 0.25) is 0 Å². The maximum atomic E-state index is 12.0. The molecule has 1 atom stereocenters. The lowest BCUT2D eigenvalue weighted by atomic mass is 10.2. The third-order valence-corrected chi connectivity index (χ3v) is 4.51.